The summed E-state index contributed by atoms with van der Waals surface area (Å²) < 4.78 is 5.65. The smallest absolute Gasteiger partial charge is 0.225 e. The van der Waals surface area contributed by atoms with E-state index in [0.29, 0.717) is 6.42 Å². The number of hydrogen-bond donors (Lipinski definition) is 1. The molecule has 0 aliphatic heterocycles. The van der Waals surface area contributed by atoms with E-state index in [1.807, 2.05) is 6.07 Å². The van der Waals surface area contributed by atoms with Gasteiger partial charge < -0.3 is 9.73 Å². The van der Waals surface area contributed by atoms with Gasteiger partial charge in [-0.15, -0.1) is 0 Å². The topological polar surface area (TPSA) is 42.2 Å². The number of nitrogens with one attached hydrogen (secondary N) is 1. The molecule has 1 N–H and O–H groups in total. The molecule has 1 atom stereocenters. The third kappa shape index (κ3) is 3.07. The van der Waals surface area contributed by atoms with Gasteiger partial charge in [0.1, 0.15) is 5.58 Å². The van der Waals surface area contributed by atoms with Crippen molar-refractivity contribution in [3.63, 3.8) is 0 Å². The van der Waals surface area contributed by atoms with Crippen LogP contribution in [0, 0.1) is 13.8 Å². The second kappa shape index (κ2) is 6.40. The summed E-state index contributed by atoms with van der Waals surface area (Å²) in [4.78, 5) is 12.6. The number of carbonyl (C=O) groups excluding carboxylic acids is 1. The van der Waals surface area contributed by atoms with Crippen LogP contribution >= 0.6 is 0 Å². The minimum absolute atomic E-state index is 0.0580. The number of hydrogen-bond acceptors (Lipinski definition) is 2. The molecule has 3 heteroatoms. The summed E-state index contributed by atoms with van der Waals surface area (Å²) in [6.07, 6.45) is 5.31. The quantitative estimate of drug-likeness (QED) is 0.749. The van der Waals surface area contributed by atoms with Crippen molar-refractivity contribution >= 4 is 16.9 Å². The molecule has 1 amide bonds. The second-order valence-corrected chi connectivity index (χ2v) is 7.08. The van der Waals surface area contributed by atoms with E-state index in [-0.39, 0.29) is 11.9 Å². The van der Waals surface area contributed by atoms with Gasteiger partial charge in [0, 0.05) is 10.9 Å². The van der Waals surface area contributed by atoms with Crippen molar-refractivity contribution in [1.29, 1.82) is 0 Å². The minimum Gasteiger partial charge on any atom is -0.464 e. The van der Waals surface area contributed by atoms with E-state index < -0.39 is 0 Å². The van der Waals surface area contributed by atoms with Crippen LogP contribution in [-0.4, -0.2) is 5.91 Å². The lowest BCUT2D eigenvalue weighted by molar-refractivity contribution is -0.121. The van der Waals surface area contributed by atoms with Gasteiger partial charge in [-0.05, 0) is 67.5 Å². The average molecular weight is 333 g/mol. The first-order valence-electron chi connectivity index (χ1n) is 8.96. The van der Waals surface area contributed by atoms with E-state index in [1.165, 1.54) is 22.3 Å². The summed E-state index contributed by atoms with van der Waals surface area (Å²) in [5.41, 5.74) is 6.87. The van der Waals surface area contributed by atoms with Gasteiger partial charge in [-0.2, -0.15) is 0 Å². The Balaban J connectivity index is 1.53. The highest BCUT2D eigenvalue weighted by atomic mass is 16.3. The Morgan fingerprint density at radius 1 is 1.20 bits per heavy atom. The zero-order valence-electron chi connectivity index (χ0n) is 14.8. The van der Waals surface area contributed by atoms with Crippen molar-refractivity contribution in [2.24, 2.45) is 0 Å². The van der Waals surface area contributed by atoms with Crippen LogP contribution in [0.3, 0.4) is 0 Å². The molecule has 128 valence electrons. The van der Waals surface area contributed by atoms with Crippen molar-refractivity contribution in [2.75, 3.05) is 0 Å². The predicted molar refractivity (Wildman–Crippen MR) is 99.7 cm³/mol. The molecule has 0 saturated carbocycles. The summed E-state index contributed by atoms with van der Waals surface area (Å²) in [7, 11) is 0. The van der Waals surface area contributed by atoms with Crippen LogP contribution in [-0.2, 0) is 17.6 Å². The molecule has 1 aliphatic carbocycles. The molecule has 4 rings (SSSR count). The number of fused-ring (bicyclic) bond motifs is 2. The molecule has 25 heavy (non-hydrogen) atoms. The number of carbonyl (C=O) groups is 1. The molecule has 1 heterocycles. The van der Waals surface area contributed by atoms with Gasteiger partial charge in [0.25, 0.3) is 0 Å². The highest BCUT2D eigenvalue weighted by Crippen LogP contribution is 2.30. The molecule has 2 aromatic carbocycles. The lowest BCUT2D eigenvalue weighted by atomic mass is 9.87. The summed E-state index contributed by atoms with van der Waals surface area (Å²) >= 11 is 0. The molecule has 0 radical (unpaired) electrons. The van der Waals surface area contributed by atoms with Crippen molar-refractivity contribution < 1.29 is 9.21 Å². The van der Waals surface area contributed by atoms with Gasteiger partial charge in [0.2, 0.25) is 5.91 Å². The highest BCUT2D eigenvalue weighted by Gasteiger charge is 2.22. The highest BCUT2D eigenvalue weighted by molar-refractivity contribution is 5.88. The Bertz CT molecular complexity index is 938. The maximum atomic E-state index is 12.6. The van der Waals surface area contributed by atoms with Crippen LogP contribution in [0.5, 0.6) is 0 Å². The third-order valence-electron chi connectivity index (χ3n) is 5.33. The van der Waals surface area contributed by atoms with E-state index >= 15 is 0 Å². The van der Waals surface area contributed by atoms with Crippen LogP contribution in [0.1, 0.15) is 46.7 Å². The van der Waals surface area contributed by atoms with Crippen LogP contribution in [0.25, 0.3) is 11.0 Å². The van der Waals surface area contributed by atoms with Crippen LogP contribution in [0.2, 0.25) is 0 Å². The lowest BCUT2D eigenvalue weighted by Gasteiger charge is -2.26. The van der Waals surface area contributed by atoms with Gasteiger partial charge in [0.05, 0.1) is 18.7 Å². The SMILES string of the molecule is Cc1cc2occ(CC(=O)N[C@H]3CCCc4ccccc43)c2cc1C. The van der Waals surface area contributed by atoms with Gasteiger partial charge in [-0.25, -0.2) is 0 Å². The summed E-state index contributed by atoms with van der Waals surface area (Å²) in [6.45, 7) is 4.16. The Kier molecular flexibility index (Phi) is 4.08. The minimum atomic E-state index is 0.0580. The molecule has 0 unspecified atom stereocenters. The van der Waals surface area contributed by atoms with Gasteiger partial charge in [-0.3, -0.25) is 4.79 Å². The standard InChI is InChI=1S/C22H23NO2/c1-14-10-19-17(13-25-21(19)11-15(14)2)12-22(24)23-20-9-5-7-16-6-3-4-8-18(16)20/h3-4,6,8,10-11,13,20H,5,7,9,12H2,1-2H3,(H,23,24)/t20-/m0/s1. The zero-order chi connectivity index (χ0) is 17.4. The molecule has 0 saturated heterocycles. The van der Waals surface area contributed by atoms with E-state index in [9.17, 15) is 4.79 Å². The van der Waals surface area contributed by atoms with Crippen molar-refractivity contribution in [1.82, 2.24) is 5.32 Å². The van der Waals surface area contributed by atoms with E-state index in [1.54, 1.807) is 6.26 Å². The fourth-order valence-electron chi connectivity index (χ4n) is 3.80. The maximum absolute atomic E-state index is 12.6. The van der Waals surface area contributed by atoms with Gasteiger partial charge in [0.15, 0.2) is 0 Å². The number of benzene rings is 2. The van der Waals surface area contributed by atoms with E-state index in [0.717, 1.165) is 35.8 Å². The Labute approximate surface area is 148 Å². The molecule has 0 bridgehead atoms. The van der Waals surface area contributed by atoms with E-state index in [2.05, 4.69) is 49.5 Å². The average Bonchev–Trinajstić information content (AvgIpc) is 2.97. The van der Waals surface area contributed by atoms with Crippen LogP contribution in [0.15, 0.2) is 47.1 Å². The van der Waals surface area contributed by atoms with Gasteiger partial charge in [-0.1, -0.05) is 24.3 Å². The largest absolute Gasteiger partial charge is 0.464 e. The summed E-state index contributed by atoms with van der Waals surface area (Å²) in [5, 5.41) is 4.27. The number of amides is 1. The van der Waals surface area contributed by atoms with Crippen LogP contribution < -0.4 is 5.32 Å². The van der Waals surface area contributed by atoms with Crippen LogP contribution in [0.4, 0.5) is 0 Å². The second-order valence-electron chi connectivity index (χ2n) is 7.08. The number of furan rings is 1. The molecular formula is C22H23NO2. The summed E-state index contributed by atoms with van der Waals surface area (Å²) in [6, 6.07) is 12.7. The Hall–Kier alpha value is -2.55. The van der Waals surface area contributed by atoms with Crippen molar-refractivity contribution in [3.05, 3.63) is 70.5 Å². The first-order chi connectivity index (χ1) is 12.1. The molecule has 1 aliphatic rings. The molecule has 3 nitrogen and oxygen atoms in total. The molecule has 0 fully saturated rings. The van der Waals surface area contributed by atoms with Crippen molar-refractivity contribution in [2.45, 2.75) is 45.6 Å². The molecular weight excluding hydrogens is 310 g/mol. The molecule has 1 aromatic heterocycles. The van der Waals surface area contributed by atoms with Crippen molar-refractivity contribution in [3.8, 4) is 0 Å². The molecule has 3 aromatic rings. The van der Waals surface area contributed by atoms with Gasteiger partial charge >= 0.3 is 0 Å². The maximum Gasteiger partial charge on any atom is 0.225 e. The monoisotopic (exact) mass is 333 g/mol. The zero-order valence-corrected chi connectivity index (χ0v) is 14.8. The number of rotatable bonds is 3. The normalized spacial score (nSPS) is 16.6. The van der Waals surface area contributed by atoms with E-state index in [4.69, 9.17) is 4.42 Å². The fourth-order valence-corrected chi connectivity index (χ4v) is 3.80. The Morgan fingerprint density at radius 3 is 2.88 bits per heavy atom. The number of aryl methyl sites for hydroxylation is 3. The third-order valence-corrected chi connectivity index (χ3v) is 5.33. The predicted octanol–water partition coefficient (Wildman–Crippen LogP) is 4.79. The lowest BCUT2D eigenvalue weighted by Crippen LogP contribution is -2.32. The Morgan fingerprint density at radius 2 is 2.00 bits per heavy atom. The summed E-state index contributed by atoms with van der Waals surface area (Å²) in [5.74, 6) is 0.0580. The molecule has 0 spiro atoms. The first kappa shape index (κ1) is 15.9. The fraction of sp³-hybridized carbons (Fsp3) is 0.318. The first-order valence-corrected chi connectivity index (χ1v) is 8.96.